The summed E-state index contributed by atoms with van der Waals surface area (Å²) in [4.78, 5) is 4.44. The van der Waals surface area contributed by atoms with Gasteiger partial charge in [-0.25, -0.2) is 9.37 Å². The fourth-order valence-electron chi connectivity index (χ4n) is 2.75. The quantitative estimate of drug-likeness (QED) is 0.937. The third-order valence-corrected chi connectivity index (χ3v) is 4.04. The summed E-state index contributed by atoms with van der Waals surface area (Å²) < 4.78 is 24.4. The van der Waals surface area contributed by atoms with Gasteiger partial charge in [0, 0.05) is 5.56 Å². The summed E-state index contributed by atoms with van der Waals surface area (Å²) >= 11 is 0. The van der Waals surface area contributed by atoms with Gasteiger partial charge >= 0.3 is 0 Å². The van der Waals surface area contributed by atoms with Crippen LogP contribution in [0.2, 0.25) is 0 Å². The lowest BCUT2D eigenvalue weighted by Crippen LogP contribution is -2.25. The molecular weight excluding hydrogens is 285 g/mol. The fourth-order valence-corrected chi connectivity index (χ4v) is 2.75. The fraction of sp³-hybridized carbons (Fsp3) is 0.471. The topological polar surface area (TPSA) is 55.5 Å². The number of oxazole rings is 1. The Balaban J connectivity index is 1.66. The highest BCUT2D eigenvalue weighted by molar-refractivity contribution is 5.53. The first kappa shape index (κ1) is 15.2. The molecule has 0 bridgehead atoms. The molecule has 118 valence electrons. The van der Waals surface area contributed by atoms with Crippen LogP contribution in [0.25, 0.3) is 11.5 Å². The molecule has 0 amide bonds. The van der Waals surface area contributed by atoms with E-state index in [1.165, 1.54) is 12.1 Å². The van der Waals surface area contributed by atoms with E-state index in [-0.39, 0.29) is 18.0 Å². The second-order valence-electron chi connectivity index (χ2n) is 5.78. The van der Waals surface area contributed by atoms with Crippen molar-refractivity contribution in [2.75, 3.05) is 0 Å². The van der Waals surface area contributed by atoms with Crippen molar-refractivity contribution in [3.63, 3.8) is 0 Å². The number of ether oxygens (including phenoxy) is 1. The van der Waals surface area contributed by atoms with Crippen LogP contribution < -0.4 is 0 Å². The monoisotopic (exact) mass is 305 g/mol. The van der Waals surface area contributed by atoms with Crippen molar-refractivity contribution in [3.8, 4) is 11.5 Å². The van der Waals surface area contributed by atoms with E-state index in [4.69, 9.17) is 9.15 Å². The summed E-state index contributed by atoms with van der Waals surface area (Å²) in [6.07, 6.45) is 3.32. The van der Waals surface area contributed by atoms with E-state index in [1.807, 2.05) is 6.92 Å². The third-order valence-electron chi connectivity index (χ3n) is 4.04. The largest absolute Gasteiger partial charge is 0.441 e. The lowest BCUT2D eigenvalue weighted by Gasteiger charge is -2.25. The number of halogens is 1. The Hall–Kier alpha value is -1.72. The highest BCUT2D eigenvalue weighted by Gasteiger charge is 2.21. The highest BCUT2D eigenvalue weighted by atomic mass is 19.1. The van der Waals surface area contributed by atoms with E-state index in [9.17, 15) is 9.50 Å². The molecule has 1 aromatic carbocycles. The van der Waals surface area contributed by atoms with Gasteiger partial charge in [-0.15, -0.1) is 0 Å². The molecule has 3 rings (SSSR count). The number of aromatic nitrogens is 1. The van der Waals surface area contributed by atoms with Crippen LogP contribution in [0.4, 0.5) is 4.39 Å². The number of nitrogens with zero attached hydrogens (tertiary/aromatic N) is 1. The van der Waals surface area contributed by atoms with E-state index >= 15 is 0 Å². The molecule has 1 heterocycles. The van der Waals surface area contributed by atoms with Gasteiger partial charge in [0.15, 0.2) is 0 Å². The number of hydrogen-bond acceptors (Lipinski definition) is 4. The van der Waals surface area contributed by atoms with Gasteiger partial charge in [0.2, 0.25) is 5.89 Å². The van der Waals surface area contributed by atoms with Crippen LogP contribution in [0.5, 0.6) is 0 Å². The van der Waals surface area contributed by atoms with E-state index in [2.05, 4.69) is 4.98 Å². The summed E-state index contributed by atoms with van der Waals surface area (Å²) in [5.74, 6) is 0.891. The normalized spacial score (nSPS) is 22.0. The van der Waals surface area contributed by atoms with E-state index < -0.39 is 0 Å². The zero-order chi connectivity index (χ0) is 15.5. The summed E-state index contributed by atoms with van der Waals surface area (Å²) in [6, 6.07) is 6.05. The van der Waals surface area contributed by atoms with E-state index in [0.717, 1.165) is 30.5 Å². The lowest BCUT2D eigenvalue weighted by atomic mass is 9.95. The van der Waals surface area contributed by atoms with Crippen LogP contribution in [0.1, 0.15) is 37.1 Å². The highest BCUT2D eigenvalue weighted by Crippen LogP contribution is 2.25. The Kier molecular flexibility index (Phi) is 4.55. The molecule has 5 heteroatoms. The van der Waals surface area contributed by atoms with E-state index in [0.29, 0.717) is 24.7 Å². The van der Waals surface area contributed by atoms with Crippen molar-refractivity contribution in [1.29, 1.82) is 0 Å². The molecule has 0 aliphatic heterocycles. The molecule has 22 heavy (non-hydrogen) atoms. The number of aryl methyl sites for hydroxylation is 1. The van der Waals surface area contributed by atoms with Crippen molar-refractivity contribution in [2.24, 2.45) is 0 Å². The van der Waals surface area contributed by atoms with Gasteiger partial charge in [-0.1, -0.05) is 0 Å². The first-order chi connectivity index (χ1) is 10.6. The Bertz CT molecular complexity index is 623. The molecule has 0 radical (unpaired) electrons. The molecule has 2 atom stereocenters. The second kappa shape index (κ2) is 6.58. The maximum atomic E-state index is 13.0. The number of aliphatic hydroxyl groups excluding tert-OH is 1. The van der Waals surface area contributed by atoms with Crippen molar-refractivity contribution in [2.45, 2.75) is 51.4 Å². The molecule has 0 unspecified atom stereocenters. The smallest absolute Gasteiger partial charge is 0.226 e. The minimum atomic E-state index is -0.286. The Labute approximate surface area is 128 Å². The first-order valence-corrected chi connectivity index (χ1v) is 7.63. The van der Waals surface area contributed by atoms with Gasteiger partial charge in [-0.05, 0) is 56.9 Å². The Morgan fingerprint density at radius 3 is 2.82 bits per heavy atom. The van der Waals surface area contributed by atoms with Crippen molar-refractivity contribution in [1.82, 2.24) is 4.98 Å². The van der Waals surface area contributed by atoms with Gasteiger partial charge in [-0.2, -0.15) is 0 Å². The molecule has 0 spiro atoms. The van der Waals surface area contributed by atoms with E-state index in [1.54, 1.807) is 12.1 Å². The van der Waals surface area contributed by atoms with Crippen LogP contribution in [-0.4, -0.2) is 22.3 Å². The van der Waals surface area contributed by atoms with Crippen LogP contribution in [-0.2, 0) is 11.3 Å². The molecular formula is C17H20FNO3. The molecule has 2 aromatic rings. The van der Waals surface area contributed by atoms with Gasteiger partial charge in [0.1, 0.15) is 17.3 Å². The Morgan fingerprint density at radius 2 is 2.09 bits per heavy atom. The summed E-state index contributed by atoms with van der Waals surface area (Å²) in [6.45, 7) is 2.21. The van der Waals surface area contributed by atoms with Gasteiger partial charge in [0.25, 0.3) is 0 Å². The summed E-state index contributed by atoms with van der Waals surface area (Å²) in [5, 5.41) is 9.66. The van der Waals surface area contributed by atoms with Crippen LogP contribution in [0.15, 0.2) is 28.7 Å². The molecule has 1 N–H and O–H groups in total. The zero-order valence-corrected chi connectivity index (χ0v) is 12.6. The number of aliphatic hydroxyl groups is 1. The number of hydrogen-bond donors (Lipinski definition) is 1. The minimum Gasteiger partial charge on any atom is -0.441 e. The molecule has 0 saturated heterocycles. The maximum absolute atomic E-state index is 13.0. The van der Waals surface area contributed by atoms with Crippen molar-refractivity contribution < 1.29 is 18.7 Å². The molecule has 4 nitrogen and oxygen atoms in total. The first-order valence-electron chi connectivity index (χ1n) is 7.63. The van der Waals surface area contributed by atoms with Crippen molar-refractivity contribution >= 4 is 0 Å². The zero-order valence-electron chi connectivity index (χ0n) is 12.6. The minimum absolute atomic E-state index is 0.0779. The standard InChI is InChI=1S/C17H20FNO3/c1-11-16(10-21-15-4-2-3-14(20)9-15)19-17(22-11)12-5-7-13(18)8-6-12/h5-8,14-15,20H,2-4,9-10H2,1H3/t14-,15+/m1/s1. The van der Waals surface area contributed by atoms with Crippen LogP contribution >= 0.6 is 0 Å². The molecule has 1 fully saturated rings. The van der Waals surface area contributed by atoms with Gasteiger partial charge < -0.3 is 14.3 Å². The third kappa shape index (κ3) is 3.54. The molecule has 1 aliphatic carbocycles. The van der Waals surface area contributed by atoms with Gasteiger partial charge in [0.05, 0.1) is 18.8 Å². The molecule has 1 aliphatic rings. The summed E-state index contributed by atoms with van der Waals surface area (Å²) in [7, 11) is 0. The number of rotatable bonds is 4. The number of benzene rings is 1. The molecule has 1 aromatic heterocycles. The second-order valence-corrected chi connectivity index (χ2v) is 5.78. The van der Waals surface area contributed by atoms with Gasteiger partial charge in [-0.3, -0.25) is 0 Å². The molecule has 1 saturated carbocycles. The lowest BCUT2D eigenvalue weighted by molar-refractivity contribution is -0.0240. The average molecular weight is 305 g/mol. The van der Waals surface area contributed by atoms with Crippen molar-refractivity contribution in [3.05, 3.63) is 41.5 Å². The average Bonchev–Trinajstić information content (AvgIpc) is 2.87. The SMILES string of the molecule is Cc1oc(-c2ccc(F)cc2)nc1CO[C@H]1CCC[C@@H](O)C1. The van der Waals surface area contributed by atoms with Crippen LogP contribution in [0, 0.1) is 12.7 Å². The Morgan fingerprint density at radius 1 is 1.32 bits per heavy atom. The predicted molar refractivity (Wildman–Crippen MR) is 79.7 cm³/mol. The predicted octanol–water partition coefficient (Wildman–Crippen LogP) is 3.61. The van der Waals surface area contributed by atoms with Crippen LogP contribution in [0.3, 0.4) is 0 Å². The maximum Gasteiger partial charge on any atom is 0.226 e. The summed E-state index contributed by atoms with van der Waals surface area (Å²) in [5.41, 5.74) is 1.49.